The summed E-state index contributed by atoms with van der Waals surface area (Å²) in [6.45, 7) is 8.48. The third kappa shape index (κ3) is 4.29. The summed E-state index contributed by atoms with van der Waals surface area (Å²) in [5.74, 6) is 0.932. The van der Waals surface area contributed by atoms with Gasteiger partial charge in [-0.15, -0.1) is 0 Å². The SMILES string of the molecule is CCC(C)(C)c1ccc(OCCCNC)c(Br)c1. The van der Waals surface area contributed by atoms with Crippen molar-refractivity contribution in [3.05, 3.63) is 28.2 Å². The zero-order valence-corrected chi connectivity index (χ0v) is 13.4. The molecule has 1 aromatic carbocycles. The third-order valence-electron chi connectivity index (χ3n) is 3.43. The Kier molecular flexibility index (Phi) is 6.16. The van der Waals surface area contributed by atoms with Gasteiger partial charge in [-0.25, -0.2) is 0 Å². The Labute approximate surface area is 119 Å². The Morgan fingerprint density at radius 3 is 2.61 bits per heavy atom. The van der Waals surface area contributed by atoms with Gasteiger partial charge in [-0.2, -0.15) is 0 Å². The molecule has 3 heteroatoms. The number of hydrogen-bond acceptors (Lipinski definition) is 2. The topological polar surface area (TPSA) is 21.3 Å². The summed E-state index contributed by atoms with van der Waals surface area (Å²) in [5.41, 5.74) is 1.56. The van der Waals surface area contributed by atoms with E-state index in [1.165, 1.54) is 5.56 Å². The van der Waals surface area contributed by atoms with Crippen molar-refractivity contribution >= 4 is 15.9 Å². The lowest BCUT2D eigenvalue weighted by Gasteiger charge is -2.24. The predicted molar refractivity (Wildman–Crippen MR) is 81.5 cm³/mol. The molecule has 0 radical (unpaired) electrons. The molecular weight excluding hydrogens is 290 g/mol. The minimum atomic E-state index is 0.215. The van der Waals surface area contributed by atoms with Crippen molar-refractivity contribution in [3.8, 4) is 5.75 Å². The largest absolute Gasteiger partial charge is 0.492 e. The van der Waals surface area contributed by atoms with Gasteiger partial charge in [-0.1, -0.05) is 26.8 Å². The van der Waals surface area contributed by atoms with Crippen LogP contribution in [0.4, 0.5) is 0 Å². The van der Waals surface area contributed by atoms with Gasteiger partial charge in [0.25, 0.3) is 0 Å². The third-order valence-corrected chi connectivity index (χ3v) is 4.05. The van der Waals surface area contributed by atoms with E-state index in [4.69, 9.17) is 4.74 Å². The fraction of sp³-hybridized carbons (Fsp3) is 0.600. The Bertz CT molecular complexity index is 377. The number of nitrogens with one attached hydrogen (secondary N) is 1. The number of rotatable bonds is 7. The number of benzene rings is 1. The van der Waals surface area contributed by atoms with Crippen LogP contribution in [0.2, 0.25) is 0 Å². The van der Waals surface area contributed by atoms with Gasteiger partial charge in [0.15, 0.2) is 0 Å². The van der Waals surface area contributed by atoms with Gasteiger partial charge < -0.3 is 10.1 Å². The fourth-order valence-electron chi connectivity index (χ4n) is 1.67. The zero-order valence-electron chi connectivity index (χ0n) is 11.8. The van der Waals surface area contributed by atoms with E-state index in [9.17, 15) is 0 Å². The Morgan fingerprint density at radius 2 is 2.06 bits per heavy atom. The lowest BCUT2D eigenvalue weighted by atomic mass is 9.82. The monoisotopic (exact) mass is 313 g/mol. The molecule has 0 aromatic heterocycles. The van der Waals surface area contributed by atoms with Crippen LogP contribution in [0.25, 0.3) is 0 Å². The summed E-state index contributed by atoms with van der Waals surface area (Å²) < 4.78 is 6.80. The van der Waals surface area contributed by atoms with Crippen molar-refractivity contribution in [1.82, 2.24) is 5.32 Å². The molecule has 0 aliphatic rings. The van der Waals surface area contributed by atoms with Gasteiger partial charge in [0.1, 0.15) is 5.75 Å². The second-order valence-corrected chi connectivity index (χ2v) is 6.04. The van der Waals surface area contributed by atoms with Gasteiger partial charge in [-0.3, -0.25) is 0 Å². The highest BCUT2D eigenvalue weighted by molar-refractivity contribution is 9.10. The minimum Gasteiger partial charge on any atom is -0.492 e. The molecule has 0 atom stereocenters. The number of ether oxygens (including phenoxy) is 1. The Balaban J connectivity index is 2.68. The van der Waals surface area contributed by atoms with E-state index in [-0.39, 0.29) is 5.41 Å². The Hall–Kier alpha value is -0.540. The highest BCUT2D eigenvalue weighted by Gasteiger charge is 2.19. The summed E-state index contributed by atoms with van der Waals surface area (Å²) in [7, 11) is 1.96. The van der Waals surface area contributed by atoms with Crippen LogP contribution in [0.5, 0.6) is 5.75 Å². The quantitative estimate of drug-likeness (QED) is 0.764. The van der Waals surface area contributed by atoms with E-state index >= 15 is 0 Å². The van der Waals surface area contributed by atoms with Crippen molar-refractivity contribution in [1.29, 1.82) is 0 Å². The maximum atomic E-state index is 5.75. The highest BCUT2D eigenvalue weighted by atomic mass is 79.9. The average Bonchev–Trinajstić information content (AvgIpc) is 2.36. The number of halogens is 1. The molecule has 0 heterocycles. The molecule has 1 aromatic rings. The van der Waals surface area contributed by atoms with Gasteiger partial charge >= 0.3 is 0 Å². The van der Waals surface area contributed by atoms with E-state index in [1.807, 2.05) is 7.05 Å². The van der Waals surface area contributed by atoms with Crippen molar-refractivity contribution in [3.63, 3.8) is 0 Å². The lowest BCUT2D eigenvalue weighted by molar-refractivity contribution is 0.307. The Morgan fingerprint density at radius 1 is 1.33 bits per heavy atom. The van der Waals surface area contributed by atoms with Gasteiger partial charge in [0.2, 0.25) is 0 Å². The van der Waals surface area contributed by atoms with E-state index in [2.05, 4.69) is 60.2 Å². The molecule has 1 rings (SSSR count). The summed E-state index contributed by atoms with van der Waals surface area (Å²) >= 11 is 3.60. The zero-order chi connectivity index (χ0) is 13.6. The molecule has 0 aliphatic carbocycles. The molecule has 0 aliphatic heterocycles. The summed E-state index contributed by atoms with van der Waals surface area (Å²) in [4.78, 5) is 0. The normalized spacial score (nSPS) is 11.6. The second-order valence-electron chi connectivity index (χ2n) is 5.19. The molecule has 0 spiro atoms. The van der Waals surface area contributed by atoms with Crippen LogP contribution in [0, 0.1) is 0 Å². The van der Waals surface area contributed by atoms with Crippen molar-refractivity contribution in [2.75, 3.05) is 20.2 Å². The smallest absolute Gasteiger partial charge is 0.133 e. The molecule has 18 heavy (non-hydrogen) atoms. The van der Waals surface area contributed by atoms with E-state index in [0.717, 1.165) is 36.2 Å². The molecule has 102 valence electrons. The first-order chi connectivity index (χ1) is 8.51. The minimum absolute atomic E-state index is 0.215. The van der Waals surface area contributed by atoms with E-state index < -0.39 is 0 Å². The molecule has 0 saturated heterocycles. The van der Waals surface area contributed by atoms with Gasteiger partial charge in [-0.05, 0) is 65.5 Å². The average molecular weight is 314 g/mol. The number of hydrogen-bond donors (Lipinski definition) is 1. The van der Waals surface area contributed by atoms with E-state index in [1.54, 1.807) is 0 Å². The first kappa shape index (κ1) is 15.5. The lowest BCUT2D eigenvalue weighted by Crippen LogP contribution is -2.15. The standard InChI is InChI=1S/C15H24BrNO/c1-5-15(2,3)12-7-8-14(13(16)11-12)18-10-6-9-17-4/h7-8,11,17H,5-6,9-10H2,1-4H3. The molecule has 0 bridgehead atoms. The van der Waals surface area contributed by atoms with Crippen molar-refractivity contribution in [2.45, 2.75) is 39.0 Å². The highest BCUT2D eigenvalue weighted by Crippen LogP contribution is 2.33. The van der Waals surface area contributed by atoms with Crippen LogP contribution in [0.3, 0.4) is 0 Å². The molecule has 2 nitrogen and oxygen atoms in total. The van der Waals surface area contributed by atoms with Crippen molar-refractivity contribution in [2.24, 2.45) is 0 Å². The molecule has 0 saturated carbocycles. The molecule has 0 fully saturated rings. The molecule has 0 unspecified atom stereocenters. The first-order valence-electron chi connectivity index (χ1n) is 6.58. The maximum absolute atomic E-state index is 5.75. The van der Waals surface area contributed by atoms with Crippen LogP contribution in [-0.4, -0.2) is 20.2 Å². The van der Waals surface area contributed by atoms with E-state index in [0.29, 0.717) is 0 Å². The summed E-state index contributed by atoms with van der Waals surface area (Å²) in [6, 6.07) is 6.41. The van der Waals surface area contributed by atoms with Crippen LogP contribution < -0.4 is 10.1 Å². The van der Waals surface area contributed by atoms with Crippen molar-refractivity contribution < 1.29 is 4.74 Å². The molecule has 0 amide bonds. The van der Waals surface area contributed by atoms with Gasteiger partial charge in [0, 0.05) is 0 Å². The fourth-order valence-corrected chi connectivity index (χ4v) is 2.17. The van der Waals surface area contributed by atoms with Crippen LogP contribution in [-0.2, 0) is 5.41 Å². The van der Waals surface area contributed by atoms with Crippen LogP contribution in [0.15, 0.2) is 22.7 Å². The summed E-state index contributed by atoms with van der Waals surface area (Å²) in [5, 5.41) is 3.11. The predicted octanol–water partition coefficient (Wildman–Crippen LogP) is 4.13. The maximum Gasteiger partial charge on any atom is 0.133 e. The second kappa shape index (κ2) is 7.15. The van der Waals surface area contributed by atoms with Gasteiger partial charge in [0.05, 0.1) is 11.1 Å². The van der Waals surface area contributed by atoms with Crippen LogP contribution in [0.1, 0.15) is 39.2 Å². The molecule has 1 N–H and O–H groups in total. The first-order valence-corrected chi connectivity index (χ1v) is 7.38. The van der Waals surface area contributed by atoms with Crippen LogP contribution >= 0.6 is 15.9 Å². The molecular formula is C15H24BrNO. The summed E-state index contributed by atoms with van der Waals surface area (Å²) in [6.07, 6.45) is 2.15.